The largest absolute Gasteiger partial charge is 0.298 e. The Kier molecular flexibility index (Phi) is 5.73. The van der Waals surface area contributed by atoms with Gasteiger partial charge in [-0.1, -0.05) is 35.9 Å². The van der Waals surface area contributed by atoms with Crippen LogP contribution in [0, 0.1) is 0 Å². The Morgan fingerprint density at radius 2 is 2.07 bits per heavy atom. The Labute approximate surface area is 175 Å². The summed E-state index contributed by atoms with van der Waals surface area (Å²) in [6.07, 6.45) is 7.22. The number of amides is 1. The maximum absolute atomic E-state index is 12.2. The van der Waals surface area contributed by atoms with E-state index in [2.05, 4.69) is 25.8 Å². The molecule has 0 bridgehead atoms. The first-order valence-electron chi connectivity index (χ1n) is 8.67. The third kappa shape index (κ3) is 5.13. The van der Waals surface area contributed by atoms with E-state index in [4.69, 9.17) is 11.6 Å². The minimum atomic E-state index is -0.238. The van der Waals surface area contributed by atoms with E-state index in [1.807, 2.05) is 48.5 Å². The van der Waals surface area contributed by atoms with E-state index in [9.17, 15) is 4.79 Å². The van der Waals surface area contributed by atoms with Gasteiger partial charge in [-0.3, -0.25) is 10.1 Å². The van der Waals surface area contributed by atoms with Crippen LogP contribution in [0.3, 0.4) is 0 Å². The van der Waals surface area contributed by atoms with Gasteiger partial charge in [0.25, 0.3) is 0 Å². The lowest BCUT2D eigenvalue weighted by Crippen LogP contribution is -2.07. The monoisotopic (exact) mass is 422 g/mol. The highest BCUT2D eigenvalue weighted by molar-refractivity contribution is 7.15. The molecular weight excluding hydrogens is 408 g/mol. The standard InChI is InChI=1S/C20H15ClN6OS/c21-16-3-1-2-15(10-16)11-18-12-22-20(29-18)24-19(28)9-6-14-4-7-17(8-5-14)27-13-23-25-26-27/h1-10,12-13H,11H2,(H,22,24,28)/b9-6+. The number of hydrogen-bond donors (Lipinski definition) is 1. The van der Waals surface area contributed by atoms with Crippen molar-refractivity contribution < 1.29 is 4.79 Å². The van der Waals surface area contributed by atoms with Gasteiger partial charge in [0, 0.05) is 28.6 Å². The molecule has 0 aliphatic heterocycles. The predicted molar refractivity (Wildman–Crippen MR) is 113 cm³/mol. The van der Waals surface area contributed by atoms with Crippen LogP contribution in [-0.2, 0) is 11.2 Å². The number of nitrogens with zero attached hydrogens (tertiary/aromatic N) is 5. The maximum atomic E-state index is 12.2. The van der Waals surface area contributed by atoms with E-state index in [1.165, 1.54) is 23.7 Å². The molecule has 1 N–H and O–H groups in total. The molecule has 4 aromatic rings. The minimum Gasteiger partial charge on any atom is -0.298 e. The molecule has 29 heavy (non-hydrogen) atoms. The Morgan fingerprint density at radius 1 is 1.21 bits per heavy atom. The van der Waals surface area contributed by atoms with Crippen LogP contribution in [0.5, 0.6) is 0 Å². The van der Waals surface area contributed by atoms with Crippen LogP contribution < -0.4 is 5.32 Å². The average Bonchev–Trinajstić information content (AvgIpc) is 3.39. The second kappa shape index (κ2) is 8.76. The molecule has 4 rings (SSSR count). The molecule has 7 nitrogen and oxygen atoms in total. The summed E-state index contributed by atoms with van der Waals surface area (Å²) in [7, 11) is 0. The molecule has 2 aromatic heterocycles. The molecule has 0 radical (unpaired) electrons. The molecule has 9 heteroatoms. The van der Waals surface area contributed by atoms with Crippen molar-refractivity contribution in [2.75, 3.05) is 5.32 Å². The second-order valence-corrected chi connectivity index (χ2v) is 7.66. The van der Waals surface area contributed by atoms with Crippen LogP contribution in [-0.4, -0.2) is 31.1 Å². The summed E-state index contributed by atoms with van der Waals surface area (Å²) < 4.78 is 1.56. The molecule has 0 aliphatic carbocycles. The van der Waals surface area contributed by atoms with Crippen molar-refractivity contribution in [3.63, 3.8) is 0 Å². The molecule has 0 unspecified atom stereocenters. The summed E-state index contributed by atoms with van der Waals surface area (Å²) in [5, 5.41) is 15.1. The Hall–Kier alpha value is -3.36. The third-order valence-electron chi connectivity index (χ3n) is 3.98. The fraction of sp³-hybridized carbons (Fsp3) is 0.0500. The Balaban J connectivity index is 1.34. The molecule has 144 valence electrons. The zero-order chi connectivity index (χ0) is 20.1. The second-order valence-electron chi connectivity index (χ2n) is 6.11. The molecule has 0 aliphatic rings. The van der Waals surface area contributed by atoms with E-state index in [1.54, 1.807) is 17.0 Å². The summed E-state index contributed by atoms with van der Waals surface area (Å²) in [4.78, 5) is 17.5. The zero-order valence-electron chi connectivity index (χ0n) is 15.1. The lowest BCUT2D eigenvalue weighted by Gasteiger charge is -2.00. The van der Waals surface area contributed by atoms with Crippen LogP contribution >= 0.6 is 22.9 Å². The van der Waals surface area contributed by atoms with Crippen LogP contribution in [0.15, 0.2) is 67.1 Å². The van der Waals surface area contributed by atoms with Crippen LogP contribution in [0.4, 0.5) is 5.13 Å². The number of thiazole rings is 1. The van der Waals surface area contributed by atoms with Crippen molar-refractivity contribution in [3.05, 3.63) is 88.2 Å². The van der Waals surface area contributed by atoms with Gasteiger partial charge in [-0.15, -0.1) is 16.4 Å². The Morgan fingerprint density at radius 3 is 2.83 bits per heavy atom. The van der Waals surface area contributed by atoms with E-state index in [0.717, 1.165) is 28.1 Å². The molecule has 1 amide bonds. The lowest BCUT2D eigenvalue weighted by molar-refractivity contribution is -0.111. The van der Waals surface area contributed by atoms with Crippen LogP contribution in [0.2, 0.25) is 5.02 Å². The highest BCUT2D eigenvalue weighted by Crippen LogP contribution is 2.22. The van der Waals surface area contributed by atoms with Gasteiger partial charge < -0.3 is 0 Å². The number of anilines is 1. The fourth-order valence-electron chi connectivity index (χ4n) is 2.63. The number of carbonyl (C=O) groups excluding carboxylic acids is 1. The SMILES string of the molecule is O=C(/C=C/c1ccc(-n2cnnn2)cc1)Nc1ncc(Cc2cccc(Cl)c2)s1. The number of benzene rings is 2. The summed E-state index contributed by atoms with van der Waals surface area (Å²) in [6.45, 7) is 0. The number of carbonyl (C=O) groups is 1. The first kappa shape index (κ1) is 19.0. The number of tetrazole rings is 1. The van der Waals surface area contributed by atoms with Gasteiger partial charge in [0.1, 0.15) is 6.33 Å². The highest BCUT2D eigenvalue weighted by atomic mass is 35.5. The summed E-state index contributed by atoms with van der Waals surface area (Å²) in [5.41, 5.74) is 2.83. The molecule has 0 spiro atoms. The molecular formula is C20H15ClN6OS. The normalized spacial score (nSPS) is 11.1. The van der Waals surface area contributed by atoms with Gasteiger partial charge in [0.15, 0.2) is 5.13 Å². The van der Waals surface area contributed by atoms with Crippen LogP contribution in [0.25, 0.3) is 11.8 Å². The fourth-order valence-corrected chi connectivity index (χ4v) is 3.69. The number of hydrogen-bond acceptors (Lipinski definition) is 6. The van der Waals surface area contributed by atoms with E-state index < -0.39 is 0 Å². The first-order valence-corrected chi connectivity index (χ1v) is 9.87. The van der Waals surface area contributed by atoms with Crippen molar-refractivity contribution in [1.29, 1.82) is 0 Å². The number of halogens is 1. The molecule has 0 saturated heterocycles. The van der Waals surface area contributed by atoms with Gasteiger partial charge in [-0.05, 0) is 51.9 Å². The Bertz CT molecular complexity index is 1140. The van der Waals surface area contributed by atoms with Crippen molar-refractivity contribution in [1.82, 2.24) is 25.2 Å². The predicted octanol–water partition coefficient (Wildman–Crippen LogP) is 4.01. The van der Waals surface area contributed by atoms with Crippen molar-refractivity contribution in [3.8, 4) is 5.69 Å². The smallest absolute Gasteiger partial charge is 0.250 e. The quantitative estimate of drug-likeness (QED) is 0.474. The maximum Gasteiger partial charge on any atom is 0.250 e. The summed E-state index contributed by atoms with van der Waals surface area (Å²) in [6, 6.07) is 15.2. The third-order valence-corrected chi connectivity index (χ3v) is 5.13. The molecule has 2 aromatic carbocycles. The van der Waals surface area contributed by atoms with E-state index in [0.29, 0.717) is 10.2 Å². The topological polar surface area (TPSA) is 85.6 Å². The lowest BCUT2D eigenvalue weighted by atomic mass is 10.1. The molecule has 0 atom stereocenters. The van der Waals surface area contributed by atoms with E-state index in [-0.39, 0.29) is 5.91 Å². The highest BCUT2D eigenvalue weighted by Gasteiger charge is 2.06. The zero-order valence-corrected chi connectivity index (χ0v) is 16.6. The van der Waals surface area contributed by atoms with Gasteiger partial charge in [-0.25, -0.2) is 9.67 Å². The number of nitrogens with one attached hydrogen (secondary N) is 1. The number of aromatic nitrogens is 5. The first-order chi connectivity index (χ1) is 14.2. The average molecular weight is 423 g/mol. The molecule has 0 saturated carbocycles. The van der Waals surface area contributed by atoms with Crippen LogP contribution in [0.1, 0.15) is 16.0 Å². The molecule has 0 fully saturated rings. The summed E-state index contributed by atoms with van der Waals surface area (Å²) in [5.74, 6) is -0.238. The van der Waals surface area contributed by atoms with Crippen molar-refractivity contribution in [2.45, 2.75) is 6.42 Å². The van der Waals surface area contributed by atoms with Gasteiger partial charge >= 0.3 is 0 Å². The number of rotatable bonds is 6. The van der Waals surface area contributed by atoms with Gasteiger partial charge in [0.2, 0.25) is 5.91 Å². The van der Waals surface area contributed by atoms with Crippen molar-refractivity contribution in [2.24, 2.45) is 0 Å². The van der Waals surface area contributed by atoms with Gasteiger partial charge in [-0.2, -0.15) is 0 Å². The van der Waals surface area contributed by atoms with Gasteiger partial charge in [0.05, 0.1) is 5.69 Å². The molecule has 2 heterocycles. The van der Waals surface area contributed by atoms with E-state index >= 15 is 0 Å². The van der Waals surface area contributed by atoms with Crippen molar-refractivity contribution >= 4 is 40.1 Å². The summed E-state index contributed by atoms with van der Waals surface area (Å²) >= 11 is 7.46. The minimum absolute atomic E-state index is 0.238.